The molecule has 1 atom stereocenters. The second-order valence-corrected chi connectivity index (χ2v) is 6.19. The van der Waals surface area contributed by atoms with E-state index in [1.165, 1.54) is 0 Å². The molecular weight excluding hydrogens is 352 g/mol. The molecule has 0 aromatic heterocycles. The van der Waals surface area contributed by atoms with Gasteiger partial charge >= 0.3 is 0 Å². The quantitative estimate of drug-likeness (QED) is 0.871. The zero-order valence-corrected chi connectivity index (χ0v) is 14.0. The molecule has 0 radical (unpaired) electrons. The van der Waals surface area contributed by atoms with Crippen molar-refractivity contribution in [2.24, 2.45) is 5.92 Å². The Morgan fingerprint density at radius 3 is 2.76 bits per heavy atom. The monoisotopic (exact) mass is 368 g/mol. The molecule has 0 aliphatic carbocycles. The zero-order chi connectivity index (χ0) is 13.9. The summed E-state index contributed by atoms with van der Waals surface area (Å²) in [6, 6.07) is 11.9. The van der Waals surface area contributed by atoms with E-state index in [4.69, 9.17) is 0 Å². The smallest absolute Gasteiger partial charge is 0.251 e. The van der Waals surface area contributed by atoms with Crippen molar-refractivity contribution in [3.8, 4) is 0 Å². The summed E-state index contributed by atoms with van der Waals surface area (Å²) in [7, 11) is 0. The Kier molecular flexibility index (Phi) is 5.62. The minimum atomic E-state index is 0. The van der Waals surface area contributed by atoms with E-state index in [1.807, 2.05) is 30.3 Å². The fourth-order valence-corrected chi connectivity index (χ4v) is 2.96. The van der Waals surface area contributed by atoms with Gasteiger partial charge in [0.15, 0.2) is 0 Å². The molecule has 2 N–H and O–H groups in total. The molecule has 0 spiro atoms. The van der Waals surface area contributed by atoms with Crippen molar-refractivity contribution in [3.63, 3.8) is 0 Å². The van der Waals surface area contributed by atoms with E-state index in [1.54, 1.807) is 0 Å². The Morgan fingerprint density at radius 1 is 1.24 bits per heavy atom. The van der Waals surface area contributed by atoms with Crippen LogP contribution in [-0.4, -0.2) is 25.5 Å². The maximum Gasteiger partial charge on any atom is 0.251 e. The Labute approximate surface area is 139 Å². The maximum absolute atomic E-state index is 12.2. The summed E-state index contributed by atoms with van der Waals surface area (Å²) in [6.45, 7) is 2.82. The van der Waals surface area contributed by atoms with Gasteiger partial charge in [-0.3, -0.25) is 4.79 Å². The van der Waals surface area contributed by atoms with Crippen LogP contribution in [-0.2, 0) is 0 Å². The Hall–Kier alpha value is -1.10. The lowest BCUT2D eigenvalue weighted by Gasteiger charge is -2.10. The molecule has 3 nitrogen and oxygen atoms in total. The number of nitrogens with one attached hydrogen (secondary N) is 2. The summed E-state index contributed by atoms with van der Waals surface area (Å²) >= 11 is 3.46. The molecule has 2 aromatic rings. The van der Waals surface area contributed by atoms with Crippen LogP contribution in [0.3, 0.4) is 0 Å². The number of hydrogen-bond acceptors (Lipinski definition) is 2. The van der Waals surface area contributed by atoms with Gasteiger partial charge in [-0.05, 0) is 60.5 Å². The van der Waals surface area contributed by atoms with E-state index in [0.29, 0.717) is 5.92 Å². The topological polar surface area (TPSA) is 41.1 Å². The van der Waals surface area contributed by atoms with Gasteiger partial charge in [0, 0.05) is 16.6 Å². The molecule has 3 rings (SSSR count). The largest absolute Gasteiger partial charge is 0.352 e. The summed E-state index contributed by atoms with van der Waals surface area (Å²) in [4.78, 5) is 12.2. The van der Waals surface area contributed by atoms with Crippen LogP contribution in [0.15, 0.2) is 40.9 Å². The number of hydrogen-bond donors (Lipinski definition) is 2. The summed E-state index contributed by atoms with van der Waals surface area (Å²) < 4.78 is 1.05. The molecule has 5 heteroatoms. The van der Waals surface area contributed by atoms with Crippen LogP contribution in [0.25, 0.3) is 10.8 Å². The molecule has 1 heterocycles. The highest BCUT2D eigenvalue weighted by Crippen LogP contribution is 2.21. The summed E-state index contributed by atoms with van der Waals surface area (Å²) in [5.74, 6) is 0.581. The van der Waals surface area contributed by atoms with Crippen molar-refractivity contribution in [2.75, 3.05) is 19.6 Å². The Balaban J connectivity index is 0.00000161. The van der Waals surface area contributed by atoms with Crippen LogP contribution in [0.2, 0.25) is 0 Å². The van der Waals surface area contributed by atoms with Crippen LogP contribution in [0.5, 0.6) is 0 Å². The molecule has 1 aliphatic heterocycles. The number of amides is 1. The van der Waals surface area contributed by atoms with E-state index < -0.39 is 0 Å². The van der Waals surface area contributed by atoms with E-state index >= 15 is 0 Å². The van der Waals surface area contributed by atoms with Crippen LogP contribution in [0.4, 0.5) is 0 Å². The highest BCUT2D eigenvalue weighted by molar-refractivity contribution is 9.10. The molecule has 112 valence electrons. The number of rotatable bonds is 3. The first-order valence-corrected chi connectivity index (χ1v) is 7.70. The van der Waals surface area contributed by atoms with Crippen LogP contribution in [0, 0.1) is 5.92 Å². The van der Waals surface area contributed by atoms with Gasteiger partial charge in [-0.15, -0.1) is 12.4 Å². The second kappa shape index (κ2) is 7.25. The third-order valence-corrected chi connectivity index (χ3v) is 4.27. The third-order valence-electron chi connectivity index (χ3n) is 3.78. The first-order valence-electron chi connectivity index (χ1n) is 6.90. The first-order chi connectivity index (χ1) is 9.72. The normalized spacial score (nSPS) is 17.5. The third kappa shape index (κ3) is 3.96. The molecule has 1 saturated heterocycles. The maximum atomic E-state index is 12.2. The van der Waals surface area contributed by atoms with Gasteiger partial charge < -0.3 is 10.6 Å². The summed E-state index contributed by atoms with van der Waals surface area (Å²) in [5.41, 5.74) is 0.728. The fourth-order valence-electron chi connectivity index (χ4n) is 2.59. The van der Waals surface area contributed by atoms with E-state index in [-0.39, 0.29) is 18.3 Å². The molecule has 1 amide bonds. The van der Waals surface area contributed by atoms with Gasteiger partial charge in [-0.25, -0.2) is 0 Å². The molecule has 1 aliphatic rings. The Bertz CT molecular complexity index is 641. The van der Waals surface area contributed by atoms with Crippen molar-refractivity contribution in [1.82, 2.24) is 10.6 Å². The number of fused-ring (bicyclic) bond motifs is 1. The van der Waals surface area contributed by atoms with Gasteiger partial charge in [0.05, 0.1) is 0 Å². The Morgan fingerprint density at radius 2 is 2.00 bits per heavy atom. The van der Waals surface area contributed by atoms with Gasteiger partial charge in [-0.1, -0.05) is 28.1 Å². The van der Waals surface area contributed by atoms with Gasteiger partial charge in [0.25, 0.3) is 5.91 Å². The van der Waals surface area contributed by atoms with Crippen LogP contribution in [0.1, 0.15) is 16.8 Å². The highest BCUT2D eigenvalue weighted by atomic mass is 79.9. The fraction of sp³-hybridized carbons (Fsp3) is 0.312. The molecule has 1 unspecified atom stereocenters. The average Bonchev–Trinajstić information content (AvgIpc) is 2.97. The summed E-state index contributed by atoms with van der Waals surface area (Å²) in [5, 5.41) is 8.56. The molecular formula is C16H18BrClN2O. The number of carbonyl (C=O) groups is 1. The molecule has 2 aromatic carbocycles. The first kappa shape index (κ1) is 16.3. The van der Waals surface area contributed by atoms with Crippen molar-refractivity contribution in [1.29, 1.82) is 0 Å². The number of benzene rings is 2. The minimum Gasteiger partial charge on any atom is -0.352 e. The van der Waals surface area contributed by atoms with Crippen molar-refractivity contribution >= 4 is 45.0 Å². The average molecular weight is 370 g/mol. The van der Waals surface area contributed by atoms with Crippen molar-refractivity contribution < 1.29 is 4.79 Å². The number of carbonyl (C=O) groups excluding carboxylic acids is 1. The molecule has 0 bridgehead atoms. The number of halogens is 2. The van der Waals surface area contributed by atoms with Gasteiger partial charge in [0.2, 0.25) is 0 Å². The van der Waals surface area contributed by atoms with Crippen LogP contribution < -0.4 is 10.6 Å². The molecule has 0 saturated carbocycles. The highest BCUT2D eigenvalue weighted by Gasteiger charge is 2.15. The zero-order valence-electron chi connectivity index (χ0n) is 11.6. The van der Waals surface area contributed by atoms with E-state index in [0.717, 1.165) is 46.9 Å². The predicted octanol–water partition coefficient (Wildman–Crippen LogP) is 3.36. The second-order valence-electron chi connectivity index (χ2n) is 5.28. The lowest BCUT2D eigenvalue weighted by molar-refractivity contribution is 0.0948. The van der Waals surface area contributed by atoms with E-state index in [9.17, 15) is 4.79 Å². The lowest BCUT2D eigenvalue weighted by Crippen LogP contribution is -2.30. The minimum absolute atomic E-state index is 0. The lowest BCUT2D eigenvalue weighted by atomic mass is 10.1. The standard InChI is InChI=1S/C16H17BrN2O.ClH/c17-15-4-3-12-7-14(2-1-13(12)8-15)16(20)19-10-11-5-6-18-9-11;/h1-4,7-8,11,18H,5-6,9-10H2,(H,19,20);1H. The predicted molar refractivity (Wildman–Crippen MR) is 92.2 cm³/mol. The molecule has 1 fully saturated rings. The van der Waals surface area contributed by atoms with E-state index in [2.05, 4.69) is 32.6 Å². The van der Waals surface area contributed by atoms with Gasteiger partial charge in [0.1, 0.15) is 0 Å². The van der Waals surface area contributed by atoms with Crippen LogP contribution >= 0.6 is 28.3 Å². The van der Waals surface area contributed by atoms with Crippen molar-refractivity contribution in [2.45, 2.75) is 6.42 Å². The molecule has 21 heavy (non-hydrogen) atoms. The van der Waals surface area contributed by atoms with Crippen molar-refractivity contribution in [3.05, 3.63) is 46.4 Å². The van der Waals surface area contributed by atoms with Gasteiger partial charge in [-0.2, -0.15) is 0 Å². The summed E-state index contributed by atoms with van der Waals surface area (Å²) in [6.07, 6.45) is 1.14. The SMILES string of the molecule is Cl.O=C(NCC1CCNC1)c1ccc2cc(Br)ccc2c1.